The van der Waals surface area contributed by atoms with E-state index in [1.54, 1.807) is 0 Å². The highest BCUT2D eigenvalue weighted by molar-refractivity contribution is 7.99. The van der Waals surface area contributed by atoms with Gasteiger partial charge in [-0.25, -0.2) is 0 Å². The Balaban J connectivity index is -0.00000133. The van der Waals surface area contributed by atoms with Crippen LogP contribution in [0, 0.1) is 5.92 Å². The standard InChI is InChI=1S/C16H28N2S.2C15H32N2S.C14H30N2S.3C13H30N2S/c1-3-4-12-18(13-10-17-11-14-19-2)15-16-8-6-5-7-9-16;1-3-4-11-17(12-9-16-10-13-18-2)14-15-7-5-6-8-15;1-3-4-12-17(13-10-16-11-14-18-2)15-8-6-5-7-9-15;1-3-4-11-16(14-7-5-6-8-14)12-9-15-10-13-17-2;1-6-7-10-15(13(2,3)4)11-8-14-9-12-16-5;1-5-7-10-15(13(3)6-2)11-8-14-9-12-16-4;1-4-6-10-15(11-7-5-2)12-8-14-9-13-16-3/h5-9,17H,3-4,10-15H2,1-2H3;2*15-16H,3-14H2,1-2H3;14-15H,3-13H2,1-2H3;14H,6-12H2,1-5H3;13-14H,5-12H2,1-4H3;14H,4-13H2,1-3H3. The van der Waals surface area contributed by atoms with E-state index in [1.165, 1.54) is 343 Å². The molecule has 0 heterocycles. The van der Waals surface area contributed by atoms with Crippen molar-refractivity contribution in [2.24, 2.45) is 5.92 Å². The Morgan fingerprint density at radius 1 is 0.317 bits per heavy atom. The summed E-state index contributed by atoms with van der Waals surface area (Å²) in [6, 6.07) is 13.3. The molecule has 1 atom stereocenters. The minimum Gasteiger partial charge on any atom is -0.315 e. The molecule has 3 aliphatic carbocycles. The van der Waals surface area contributed by atoms with E-state index < -0.39 is 0 Å². The maximum atomic E-state index is 3.57. The normalized spacial score (nSPS) is 14.3. The maximum Gasteiger partial charge on any atom is 0.0234 e. The topological polar surface area (TPSA) is 107 Å². The fourth-order valence-electron chi connectivity index (χ4n) is 15.2. The zero-order valence-corrected chi connectivity index (χ0v) is 89.5. The zero-order valence-electron chi connectivity index (χ0n) is 83.8. The minimum atomic E-state index is 0.302. The molecule has 0 spiro atoms. The Kier molecular flexibility index (Phi) is 105. The molecule has 1 unspecified atom stereocenters. The highest BCUT2D eigenvalue weighted by atomic mass is 32.2. The summed E-state index contributed by atoms with van der Waals surface area (Å²) in [5, 5.41) is 24.7. The third-order valence-electron chi connectivity index (χ3n) is 23.3. The highest BCUT2D eigenvalue weighted by Gasteiger charge is 2.24. The molecular weight excluding hydrogens is 1610 g/mol. The molecule has 0 saturated heterocycles. The largest absolute Gasteiger partial charge is 0.315 e. The molecule has 4 rings (SSSR count). The van der Waals surface area contributed by atoms with Crippen LogP contribution in [0.15, 0.2) is 30.3 Å². The van der Waals surface area contributed by atoms with Gasteiger partial charge in [0.1, 0.15) is 0 Å². The van der Waals surface area contributed by atoms with Crippen LogP contribution in [0.1, 0.15) is 288 Å². The van der Waals surface area contributed by atoms with Crippen LogP contribution in [0.4, 0.5) is 0 Å². The average Bonchev–Trinajstić information content (AvgIpc) is 1.30. The second-order valence-corrected chi connectivity index (χ2v) is 41.7. The van der Waals surface area contributed by atoms with E-state index in [0.29, 0.717) is 5.54 Å². The molecule has 720 valence electrons. The smallest absolute Gasteiger partial charge is 0.0234 e. The van der Waals surface area contributed by atoms with E-state index in [2.05, 4.69) is 236 Å². The maximum absolute atomic E-state index is 3.57. The monoisotopic (exact) mass is 1820 g/mol. The predicted molar refractivity (Wildman–Crippen MR) is 570 cm³/mol. The molecular formula is C99H212N14S7. The van der Waals surface area contributed by atoms with Crippen molar-refractivity contribution in [2.75, 3.05) is 280 Å². The molecule has 0 aromatic heterocycles. The molecule has 0 radical (unpaired) electrons. The lowest BCUT2D eigenvalue weighted by atomic mass is 9.94. The van der Waals surface area contributed by atoms with Gasteiger partial charge < -0.3 is 47.0 Å². The van der Waals surface area contributed by atoms with Crippen molar-refractivity contribution >= 4 is 82.3 Å². The molecule has 3 saturated carbocycles. The number of nitrogens with zero attached hydrogens (tertiary/aromatic N) is 7. The molecule has 3 aliphatic rings. The molecule has 1 aromatic rings. The van der Waals surface area contributed by atoms with Crippen LogP contribution in [-0.4, -0.2) is 338 Å². The van der Waals surface area contributed by atoms with Gasteiger partial charge in [-0.2, -0.15) is 82.3 Å². The minimum absolute atomic E-state index is 0.302. The third-order valence-corrected chi connectivity index (χ3v) is 27.6. The number of rotatable bonds is 74. The second-order valence-electron chi connectivity index (χ2n) is 34.8. The number of nitrogens with one attached hydrogen (secondary N) is 7. The van der Waals surface area contributed by atoms with Gasteiger partial charge in [-0.05, 0) is 232 Å². The van der Waals surface area contributed by atoms with Crippen molar-refractivity contribution in [2.45, 2.75) is 313 Å². The van der Waals surface area contributed by atoms with Gasteiger partial charge in [0.05, 0.1) is 0 Å². The van der Waals surface area contributed by atoms with E-state index >= 15 is 0 Å². The number of hydrogen-bond acceptors (Lipinski definition) is 21. The second kappa shape index (κ2) is 101. The van der Waals surface area contributed by atoms with Gasteiger partial charge in [0.15, 0.2) is 0 Å². The summed E-state index contributed by atoms with van der Waals surface area (Å²) in [5.41, 5.74) is 1.72. The quantitative estimate of drug-likeness (QED) is 0.0314. The number of hydrogen-bond donors (Lipinski definition) is 7. The van der Waals surface area contributed by atoms with E-state index in [-0.39, 0.29) is 0 Å². The van der Waals surface area contributed by atoms with Crippen LogP contribution in [0.2, 0.25) is 0 Å². The van der Waals surface area contributed by atoms with Gasteiger partial charge in [0.2, 0.25) is 0 Å². The molecule has 3 fully saturated rings. The lowest BCUT2D eigenvalue weighted by Crippen LogP contribution is -2.45. The summed E-state index contributed by atoms with van der Waals surface area (Å²) in [6.45, 7) is 66.9. The Morgan fingerprint density at radius 2 is 0.617 bits per heavy atom. The van der Waals surface area contributed by atoms with Gasteiger partial charge >= 0.3 is 0 Å². The van der Waals surface area contributed by atoms with E-state index in [4.69, 9.17) is 0 Å². The number of thioether (sulfide) groups is 7. The number of unbranched alkanes of at least 4 members (excludes halogenated alkanes) is 8. The van der Waals surface area contributed by atoms with Crippen molar-refractivity contribution in [3.63, 3.8) is 0 Å². The molecule has 120 heavy (non-hydrogen) atoms. The van der Waals surface area contributed by atoms with Crippen LogP contribution in [0.5, 0.6) is 0 Å². The van der Waals surface area contributed by atoms with Gasteiger partial charge in [-0.1, -0.05) is 189 Å². The van der Waals surface area contributed by atoms with Crippen LogP contribution in [0.3, 0.4) is 0 Å². The fourth-order valence-corrected chi connectivity index (χ4v) is 17.6. The first-order chi connectivity index (χ1) is 58.6. The number of benzene rings is 1. The third kappa shape index (κ3) is 84.6. The van der Waals surface area contributed by atoms with Crippen LogP contribution < -0.4 is 37.2 Å². The van der Waals surface area contributed by atoms with Gasteiger partial charge in [-0.3, -0.25) is 24.5 Å². The lowest BCUT2D eigenvalue weighted by Gasteiger charge is -2.35. The van der Waals surface area contributed by atoms with Gasteiger partial charge in [0, 0.05) is 214 Å². The first-order valence-electron chi connectivity index (χ1n) is 50.2. The Morgan fingerprint density at radius 3 is 0.983 bits per heavy atom. The summed E-state index contributed by atoms with van der Waals surface area (Å²) in [5.74, 6) is 9.56. The summed E-state index contributed by atoms with van der Waals surface area (Å²) in [4.78, 5) is 18.6. The van der Waals surface area contributed by atoms with Crippen LogP contribution >= 0.6 is 82.3 Å². The van der Waals surface area contributed by atoms with Crippen molar-refractivity contribution in [3.05, 3.63) is 35.9 Å². The Bertz CT molecular complexity index is 2030. The average molecular weight is 1820 g/mol. The van der Waals surface area contributed by atoms with Crippen molar-refractivity contribution in [1.82, 2.24) is 71.5 Å². The molecule has 1 aromatic carbocycles. The van der Waals surface area contributed by atoms with Crippen molar-refractivity contribution < 1.29 is 0 Å². The fraction of sp³-hybridized carbons (Fsp3) is 0.939. The first-order valence-corrected chi connectivity index (χ1v) is 59.9. The van der Waals surface area contributed by atoms with Gasteiger partial charge in [-0.15, -0.1) is 0 Å². The SMILES string of the molecule is CCCCN(CCCC)CCNCCSC.CCCCN(CCNCCSC)C(C)(C)C.CCCCN(CCNCCSC)C(C)CC.CCCCN(CCNCCSC)C1CCCC1.CCCCN(CCNCCSC)C1CCCCC1.CCCCN(CCNCCSC)CC1CCCC1.CCCCN(CCNCCSC)Cc1ccccc1. The lowest BCUT2D eigenvalue weighted by molar-refractivity contribution is 0.135. The van der Waals surface area contributed by atoms with Crippen LogP contribution in [-0.2, 0) is 6.54 Å². The molecule has 14 nitrogen and oxygen atoms in total. The van der Waals surface area contributed by atoms with E-state index in [1.807, 2.05) is 82.3 Å². The van der Waals surface area contributed by atoms with Gasteiger partial charge in [0.25, 0.3) is 0 Å². The van der Waals surface area contributed by atoms with Crippen LogP contribution in [0.25, 0.3) is 0 Å². The van der Waals surface area contributed by atoms with E-state index in [9.17, 15) is 0 Å². The Labute approximate surface area is 782 Å². The molecule has 7 N–H and O–H groups in total. The summed E-state index contributed by atoms with van der Waals surface area (Å²) >= 11 is 13.4. The van der Waals surface area contributed by atoms with Crippen molar-refractivity contribution in [1.29, 1.82) is 0 Å². The Hall–Kier alpha value is 1.11. The molecule has 21 heteroatoms. The zero-order chi connectivity index (χ0) is 88.9. The molecule has 0 amide bonds. The summed E-state index contributed by atoms with van der Waals surface area (Å²) < 4.78 is 0. The van der Waals surface area contributed by atoms with E-state index in [0.717, 1.165) is 122 Å². The van der Waals surface area contributed by atoms with Crippen molar-refractivity contribution in [3.8, 4) is 0 Å². The highest BCUT2D eigenvalue weighted by Crippen LogP contribution is 2.27. The first kappa shape index (κ1) is 125. The summed E-state index contributed by atoms with van der Waals surface area (Å²) in [6.07, 6.45) is 56.5. The molecule has 0 aliphatic heterocycles. The summed E-state index contributed by atoms with van der Waals surface area (Å²) in [7, 11) is 0. The molecule has 0 bridgehead atoms. The predicted octanol–water partition coefficient (Wildman–Crippen LogP) is 21.4.